The maximum atomic E-state index is 11.5. The Hall–Kier alpha value is -2.59. The molecular weight excluding hydrogens is 228 g/mol. The lowest BCUT2D eigenvalue weighted by Crippen LogP contribution is -2.19. The molecule has 90 valence electrons. The van der Waals surface area contributed by atoms with Crippen molar-refractivity contribution in [2.24, 2.45) is 0 Å². The van der Waals surface area contributed by atoms with Gasteiger partial charge in [-0.25, -0.2) is 0 Å². The van der Waals surface area contributed by atoms with Gasteiger partial charge in [-0.05, 0) is 12.1 Å². The molecule has 18 heavy (non-hydrogen) atoms. The van der Waals surface area contributed by atoms with Gasteiger partial charge in [0, 0.05) is 18.1 Å². The van der Waals surface area contributed by atoms with E-state index < -0.39 is 0 Å². The lowest BCUT2D eigenvalue weighted by Gasteiger charge is -1.97. The Kier molecular flexibility index (Phi) is 5.15. The smallest absolute Gasteiger partial charge is 0.217 e. The minimum absolute atomic E-state index is 0.136. The molecule has 0 fully saturated rings. The van der Waals surface area contributed by atoms with Gasteiger partial charge >= 0.3 is 0 Å². The Bertz CT molecular complexity index is 559. The summed E-state index contributed by atoms with van der Waals surface area (Å²) in [4.78, 5) is 22.1. The molecule has 4 nitrogen and oxygen atoms in total. The van der Waals surface area contributed by atoms with Crippen molar-refractivity contribution in [3.05, 3.63) is 35.4 Å². The van der Waals surface area contributed by atoms with Crippen LogP contribution in [0.3, 0.4) is 0 Å². The molecule has 0 aliphatic heterocycles. The summed E-state index contributed by atoms with van der Waals surface area (Å²) in [5.74, 6) is 5.25. The summed E-state index contributed by atoms with van der Waals surface area (Å²) in [5, 5.41) is 11.0. The van der Waals surface area contributed by atoms with Crippen molar-refractivity contribution in [1.29, 1.82) is 5.26 Å². The van der Waals surface area contributed by atoms with Crippen molar-refractivity contribution >= 4 is 11.7 Å². The van der Waals surface area contributed by atoms with Crippen LogP contribution in [0.5, 0.6) is 0 Å². The predicted molar refractivity (Wildman–Crippen MR) is 66.6 cm³/mol. The largest absolute Gasteiger partial charge is 0.345 e. The van der Waals surface area contributed by atoms with Crippen molar-refractivity contribution in [1.82, 2.24) is 5.32 Å². The summed E-state index contributed by atoms with van der Waals surface area (Å²) in [6.45, 7) is 1.69. The van der Waals surface area contributed by atoms with E-state index in [0.717, 1.165) is 0 Å². The Morgan fingerprint density at radius 1 is 1.39 bits per heavy atom. The summed E-state index contributed by atoms with van der Waals surface area (Å²) >= 11 is 0. The number of hydrogen-bond acceptors (Lipinski definition) is 3. The van der Waals surface area contributed by atoms with Crippen LogP contribution in [-0.2, 0) is 4.79 Å². The Labute approximate surface area is 106 Å². The molecule has 0 bridgehead atoms. The molecule has 0 radical (unpaired) electrons. The van der Waals surface area contributed by atoms with Crippen molar-refractivity contribution < 1.29 is 9.59 Å². The van der Waals surface area contributed by atoms with E-state index in [0.29, 0.717) is 11.1 Å². The van der Waals surface area contributed by atoms with Crippen LogP contribution in [0, 0.1) is 23.2 Å². The van der Waals surface area contributed by atoms with E-state index in [4.69, 9.17) is 5.26 Å². The maximum absolute atomic E-state index is 11.5. The van der Waals surface area contributed by atoms with Gasteiger partial charge in [-0.15, -0.1) is 0 Å². The topological polar surface area (TPSA) is 70.0 Å². The summed E-state index contributed by atoms with van der Waals surface area (Å²) in [6.07, 6.45) is -0.136. The first kappa shape index (κ1) is 13.5. The number of nitrogens with zero attached hydrogens (tertiary/aromatic N) is 1. The molecule has 0 heterocycles. The molecule has 1 rings (SSSR count). The first-order valence-corrected chi connectivity index (χ1v) is 5.37. The van der Waals surface area contributed by atoms with Crippen molar-refractivity contribution in [2.45, 2.75) is 13.3 Å². The van der Waals surface area contributed by atoms with E-state index in [-0.39, 0.29) is 24.7 Å². The lowest BCUT2D eigenvalue weighted by atomic mass is 10.1. The van der Waals surface area contributed by atoms with Gasteiger partial charge in [0.2, 0.25) is 5.91 Å². The number of hydrogen-bond donors (Lipinski definition) is 1. The number of carbonyl (C=O) groups is 2. The minimum Gasteiger partial charge on any atom is -0.345 e. The van der Waals surface area contributed by atoms with Gasteiger partial charge < -0.3 is 5.32 Å². The van der Waals surface area contributed by atoms with Crippen LogP contribution < -0.4 is 5.32 Å². The Morgan fingerprint density at radius 2 is 2.17 bits per heavy atom. The third-order valence-electron chi connectivity index (χ3n) is 2.08. The number of benzene rings is 1. The fraction of sp³-hybridized carbons (Fsp3) is 0.214. The fourth-order valence-electron chi connectivity index (χ4n) is 1.26. The number of nitrogens with one attached hydrogen (secondary N) is 1. The zero-order valence-electron chi connectivity index (χ0n) is 9.99. The average Bonchev–Trinajstić information content (AvgIpc) is 2.35. The molecule has 0 aliphatic carbocycles. The van der Waals surface area contributed by atoms with Gasteiger partial charge in [0.05, 0.1) is 19.0 Å². The van der Waals surface area contributed by atoms with Gasteiger partial charge in [-0.1, -0.05) is 24.0 Å². The third-order valence-corrected chi connectivity index (χ3v) is 2.08. The van der Waals surface area contributed by atoms with E-state index >= 15 is 0 Å². The molecule has 0 atom stereocenters. The van der Waals surface area contributed by atoms with Crippen LogP contribution in [-0.4, -0.2) is 18.2 Å². The first-order valence-electron chi connectivity index (χ1n) is 5.37. The fourth-order valence-corrected chi connectivity index (χ4v) is 1.26. The quantitative estimate of drug-likeness (QED) is 0.639. The highest BCUT2D eigenvalue weighted by Gasteiger charge is 2.04. The molecule has 0 spiro atoms. The lowest BCUT2D eigenvalue weighted by molar-refractivity contribution is -0.118. The van der Waals surface area contributed by atoms with Crippen molar-refractivity contribution in [3.8, 4) is 17.9 Å². The second kappa shape index (κ2) is 6.88. The average molecular weight is 240 g/mol. The monoisotopic (exact) mass is 240 g/mol. The van der Waals surface area contributed by atoms with E-state index in [2.05, 4.69) is 17.2 Å². The molecule has 0 saturated carbocycles. The van der Waals surface area contributed by atoms with Crippen LogP contribution in [0.1, 0.15) is 29.3 Å². The maximum Gasteiger partial charge on any atom is 0.217 e. The first-order chi connectivity index (χ1) is 8.63. The highest BCUT2D eigenvalue weighted by atomic mass is 16.1. The van der Waals surface area contributed by atoms with Crippen molar-refractivity contribution in [2.75, 3.05) is 6.54 Å². The second-order valence-electron chi connectivity index (χ2n) is 3.55. The second-order valence-corrected chi connectivity index (χ2v) is 3.55. The van der Waals surface area contributed by atoms with Gasteiger partial charge in [-0.2, -0.15) is 5.26 Å². The predicted octanol–water partition coefficient (Wildman–Crippen LogP) is 1.27. The van der Waals surface area contributed by atoms with Gasteiger partial charge in [0.25, 0.3) is 0 Å². The van der Waals surface area contributed by atoms with Crippen LogP contribution in [0.15, 0.2) is 24.3 Å². The molecule has 4 heteroatoms. The molecule has 1 aromatic rings. The standard InChI is InChI=1S/C14H12N2O2/c1-11(17)16-9-3-5-12-4-2-6-13(10-12)14(18)7-8-15/h2,4,6,10H,7,9H2,1H3,(H,16,17). The number of ketones is 1. The number of carbonyl (C=O) groups excluding carboxylic acids is 2. The Balaban J connectivity index is 2.74. The van der Waals surface area contributed by atoms with E-state index in [1.54, 1.807) is 24.3 Å². The minimum atomic E-state index is -0.219. The van der Waals surface area contributed by atoms with Gasteiger partial charge in [0.15, 0.2) is 5.78 Å². The van der Waals surface area contributed by atoms with Gasteiger partial charge in [-0.3, -0.25) is 9.59 Å². The van der Waals surface area contributed by atoms with Crippen LogP contribution >= 0.6 is 0 Å². The van der Waals surface area contributed by atoms with E-state index in [1.165, 1.54) is 6.92 Å². The zero-order chi connectivity index (χ0) is 13.4. The van der Waals surface area contributed by atoms with Gasteiger partial charge in [0.1, 0.15) is 0 Å². The summed E-state index contributed by atoms with van der Waals surface area (Å²) in [6, 6.07) is 8.59. The molecule has 0 aliphatic rings. The molecule has 1 amide bonds. The van der Waals surface area contributed by atoms with Crippen LogP contribution in [0.2, 0.25) is 0 Å². The van der Waals surface area contributed by atoms with Crippen LogP contribution in [0.4, 0.5) is 0 Å². The number of Topliss-reactive ketones (excluding diaryl/α,β-unsaturated/α-hetero) is 1. The third kappa shape index (κ3) is 4.51. The molecule has 0 unspecified atom stereocenters. The number of rotatable bonds is 3. The normalized spacial score (nSPS) is 8.67. The molecule has 1 aromatic carbocycles. The molecular formula is C14H12N2O2. The van der Waals surface area contributed by atoms with Crippen molar-refractivity contribution in [3.63, 3.8) is 0 Å². The SMILES string of the molecule is CC(=O)NCC#Cc1cccc(C(=O)CC#N)c1. The molecule has 0 saturated heterocycles. The molecule has 0 aromatic heterocycles. The van der Waals surface area contributed by atoms with E-state index in [1.807, 2.05) is 6.07 Å². The summed E-state index contributed by atoms with van der Waals surface area (Å²) in [5.41, 5.74) is 1.16. The molecule has 1 N–H and O–H groups in total. The van der Waals surface area contributed by atoms with Crippen LogP contribution in [0.25, 0.3) is 0 Å². The highest BCUT2D eigenvalue weighted by Crippen LogP contribution is 2.06. The zero-order valence-corrected chi connectivity index (χ0v) is 9.99. The van der Waals surface area contributed by atoms with E-state index in [9.17, 15) is 9.59 Å². The number of nitriles is 1. The number of amides is 1. The summed E-state index contributed by atoms with van der Waals surface area (Å²) in [7, 11) is 0. The highest BCUT2D eigenvalue weighted by molar-refractivity contribution is 5.97. The summed E-state index contributed by atoms with van der Waals surface area (Å²) < 4.78 is 0. The Morgan fingerprint density at radius 3 is 2.83 bits per heavy atom.